The molecule has 0 aromatic heterocycles. The third-order valence-corrected chi connectivity index (χ3v) is 5.38. The van der Waals surface area contributed by atoms with Gasteiger partial charge in [-0.25, -0.2) is 0 Å². The third-order valence-electron chi connectivity index (χ3n) is 1.79. The van der Waals surface area contributed by atoms with Crippen LogP contribution in [-0.4, -0.2) is 36.0 Å². The van der Waals surface area contributed by atoms with Crippen LogP contribution in [0.25, 0.3) is 0 Å². The lowest BCUT2D eigenvalue weighted by molar-refractivity contribution is 0.120. The summed E-state index contributed by atoms with van der Waals surface area (Å²) in [7, 11) is 2.45. The molecular formula is C7H17ClO3Si. The molecule has 0 N–H and O–H groups in total. The number of alkyl halides is 1. The van der Waals surface area contributed by atoms with E-state index < -0.39 is 8.80 Å². The first-order valence-corrected chi connectivity index (χ1v) is 6.32. The maximum Gasteiger partial charge on any atom is 0.500 e. The molecule has 0 spiro atoms. The van der Waals surface area contributed by atoms with Gasteiger partial charge in [-0.15, -0.1) is 11.6 Å². The van der Waals surface area contributed by atoms with Gasteiger partial charge < -0.3 is 13.3 Å². The normalized spacial score (nSPS) is 14.8. The van der Waals surface area contributed by atoms with Gasteiger partial charge in [0.15, 0.2) is 0 Å². The van der Waals surface area contributed by atoms with E-state index in [0.717, 1.165) is 6.04 Å². The molecule has 74 valence electrons. The van der Waals surface area contributed by atoms with E-state index in [1.165, 1.54) is 0 Å². The van der Waals surface area contributed by atoms with Crippen LogP contribution in [0.3, 0.4) is 0 Å². The summed E-state index contributed by atoms with van der Waals surface area (Å²) in [6.07, 6.45) is 0. The average Bonchev–Trinajstić information content (AvgIpc) is 2.14. The van der Waals surface area contributed by atoms with Crippen molar-refractivity contribution >= 4 is 20.4 Å². The van der Waals surface area contributed by atoms with Gasteiger partial charge in [0.2, 0.25) is 0 Å². The van der Waals surface area contributed by atoms with Crippen LogP contribution >= 0.6 is 11.6 Å². The zero-order valence-corrected chi connectivity index (χ0v) is 9.85. The van der Waals surface area contributed by atoms with Gasteiger partial charge in [-0.3, -0.25) is 0 Å². The Morgan fingerprint density at radius 3 is 1.83 bits per heavy atom. The van der Waals surface area contributed by atoms with Crippen molar-refractivity contribution in [3.8, 4) is 0 Å². The first kappa shape index (κ1) is 12.4. The molecule has 5 heteroatoms. The Kier molecular flexibility index (Phi) is 6.13. The highest BCUT2D eigenvalue weighted by Gasteiger charge is 2.38. The van der Waals surface area contributed by atoms with Gasteiger partial charge in [0, 0.05) is 33.3 Å². The maximum absolute atomic E-state index is 5.68. The Balaban J connectivity index is 4.09. The minimum absolute atomic E-state index is 0.359. The van der Waals surface area contributed by atoms with Crippen LogP contribution in [-0.2, 0) is 13.3 Å². The lowest BCUT2D eigenvalue weighted by atomic mass is 10.3. The van der Waals surface area contributed by atoms with Crippen LogP contribution in [0.1, 0.15) is 6.92 Å². The molecule has 0 unspecified atom stereocenters. The van der Waals surface area contributed by atoms with E-state index in [-0.39, 0.29) is 0 Å². The summed E-state index contributed by atoms with van der Waals surface area (Å²) in [6, 6.07) is 0.764. The van der Waals surface area contributed by atoms with Gasteiger partial charge >= 0.3 is 8.80 Å². The zero-order valence-electron chi connectivity index (χ0n) is 8.09. The van der Waals surface area contributed by atoms with Crippen LogP contribution in [0, 0.1) is 5.92 Å². The molecule has 0 heterocycles. The summed E-state index contributed by atoms with van der Waals surface area (Å²) in [5, 5.41) is 0. The molecule has 0 fully saturated rings. The molecule has 1 atom stereocenters. The van der Waals surface area contributed by atoms with Gasteiger partial charge in [-0.05, 0) is 5.92 Å². The highest BCUT2D eigenvalue weighted by molar-refractivity contribution is 6.60. The highest BCUT2D eigenvalue weighted by Crippen LogP contribution is 2.19. The maximum atomic E-state index is 5.68. The molecule has 0 aliphatic rings. The quantitative estimate of drug-likeness (QED) is 0.496. The van der Waals surface area contributed by atoms with Crippen molar-refractivity contribution in [3.05, 3.63) is 0 Å². The van der Waals surface area contributed by atoms with Crippen molar-refractivity contribution in [2.45, 2.75) is 13.0 Å². The number of halogens is 1. The molecule has 12 heavy (non-hydrogen) atoms. The molecule has 0 bridgehead atoms. The summed E-state index contributed by atoms with van der Waals surface area (Å²) < 4.78 is 15.7. The van der Waals surface area contributed by atoms with Gasteiger partial charge in [-0.2, -0.15) is 0 Å². The van der Waals surface area contributed by atoms with Gasteiger partial charge in [0.05, 0.1) is 0 Å². The summed E-state index contributed by atoms with van der Waals surface area (Å²) in [5.41, 5.74) is 0. The number of rotatable bonds is 6. The minimum Gasteiger partial charge on any atom is -0.377 e. The SMILES string of the molecule is CO[Si](C[C@@H](C)CCl)(OC)OC. The van der Waals surface area contributed by atoms with E-state index in [1.54, 1.807) is 21.3 Å². The largest absolute Gasteiger partial charge is 0.500 e. The fourth-order valence-corrected chi connectivity index (χ4v) is 3.27. The van der Waals surface area contributed by atoms with Gasteiger partial charge in [0.25, 0.3) is 0 Å². The van der Waals surface area contributed by atoms with Crippen LogP contribution in [0.5, 0.6) is 0 Å². The van der Waals surface area contributed by atoms with Crippen LogP contribution in [0.2, 0.25) is 6.04 Å². The highest BCUT2D eigenvalue weighted by atomic mass is 35.5. The zero-order chi connectivity index (χ0) is 9.61. The summed E-state index contributed by atoms with van der Waals surface area (Å²) in [6.45, 7) is 2.05. The fraction of sp³-hybridized carbons (Fsp3) is 1.00. The molecule has 0 aromatic carbocycles. The smallest absolute Gasteiger partial charge is 0.377 e. The molecule has 0 aromatic rings. The van der Waals surface area contributed by atoms with Crippen molar-refractivity contribution in [1.29, 1.82) is 0 Å². The molecule has 0 aliphatic carbocycles. The number of hydrogen-bond donors (Lipinski definition) is 0. The van der Waals surface area contributed by atoms with E-state index in [4.69, 9.17) is 24.9 Å². The Morgan fingerprint density at radius 1 is 1.17 bits per heavy atom. The van der Waals surface area contributed by atoms with Crippen LogP contribution in [0.15, 0.2) is 0 Å². The standard InChI is InChI=1S/C7H17ClO3Si/c1-7(5-8)6-12(9-2,10-3)11-4/h7H,5-6H2,1-4H3/t7-/m0/s1. The fourth-order valence-electron chi connectivity index (χ4n) is 0.981. The Morgan fingerprint density at radius 2 is 1.58 bits per heavy atom. The van der Waals surface area contributed by atoms with Gasteiger partial charge in [0.1, 0.15) is 0 Å². The van der Waals surface area contributed by atoms with E-state index in [9.17, 15) is 0 Å². The summed E-state index contributed by atoms with van der Waals surface area (Å²) >= 11 is 5.68. The van der Waals surface area contributed by atoms with E-state index in [2.05, 4.69) is 0 Å². The molecule has 0 saturated heterocycles. The van der Waals surface area contributed by atoms with E-state index in [1.807, 2.05) is 6.92 Å². The minimum atomic E-state index is -2.39. The molecule has 3 nitrogen and oxygen atoms in total. The van der Waals surface area contributed by atoms with Crippen molar-refractivity contribution in [2.24, 2.45) is 5.92 Å². The van der Waals surface area contributed by atoms with Gasteiger partial charge in [-0.1, -0.05) is 6.92 Å². The molecular weight excluding hydrogens is 196 g/mol. The molecule has 0 saturated carbocycles. The predicted molar refractivity (Wildman–Crippen MR) is 51.5 cm³/mol. The topological polar surface area (TPSA) is 27.7 Å². The Labute approximate surface area is 80.3 Å². The Hall–Kier alpha value is 0.387. The molecule has 0 aliphatic heterocycles. The second-order valence-electron chi connectivity index (χ2n) is 2.76. The van der Waals surface area contributed by atoms with Crippen molar-refractivity contribution < 1.29 is 13.3 Å². The molecule has 0 radical (unpaired) electrons. The third kappa shape index (κ3) is 3.41. The summed E-state index contributed by atoms with van der Waals surface area (Å²) in [5.74, 6) is 0.961. The lowest BCUT2D eigenvalue weighted by Crippen LogP contribution is -2.44. The Bertz CT molecular complexity index is 111. The second kappa shape index (κ2) is 5.94. The van der Waals surface area contributed by atoms with Crippen molar-refractivity contribution in [3.63, 3.8) is 0 Å². The monoisotopic (exact) mass is 212 g/mol. The number of hydrogen-bond acceptors (Lipinski definition) is 3. The second-order valence-corrected chi connectivity index (χ2v) is 6.07. The van der Waals surface area contributed by atoms with Crippen molar-refractivity contribution in [2.75, 3.05) is 27.2 Å². The van der Waals surface area contributed by atoms with E-state index in [0.29, 0.717) is 11.8 Å². The molecule has 0 rings (SSSR count). The van der Waals surface area contributed by atoms with Crippen LogP contribution in [0.4, 0.5) is 0 Å². The first-order chi connectivity index (χ1) is 5.64. The van der Waals surface area contributed by atoms with Crippen LogP contribution < -0.4 is 0 Å². The van der Waals surface area contributed by atoms with E-state index >= 15 is 0 Å². The average molecular weight is 213 g/mol. The first-order valence-electron chi connectivity index (χ1n) is 3.85. The van der Waals surface area contributed by atoms with Crippen molar-refractivity contribution in [1.82, 2.24) is 0 Å². The summed E-state index contributed by atoms with van der Waals surface area (Å²) in [4.78, 5) is 0. The predicted octanol–water partition coefficient (Wildman–Crippen LogP) is 1.74. The lowest BCUT2D eigenvalue weighted by Gasteiger charge is -2.26. The molecule has 0 amide bonds.